The normalized spacial score (nSPS) is 11.1. The third kappa shape index (κ3) is 1.96. The van der Waals surface area contributed by atoms with E-state index in [-0.39, 0.29) is 0 Å². The summed E-state index contributed by atoms with van der Waals surface area (Å²) in [4.78, 5) is 20.5. The molecule has 102 valence electrons. The quantitative estimate of drug-likeness (QED) is 0.800. The summed E-state index contributed by atoms with van der Waals surface area (Å²) < 4.78 is 1.69. The highest BCUT2D eigenvalue weighted by Gasteiger charge is 2.18. The first-order valence-corrected chi connectivity index (χ1v) is 6.95. The molecule has 3 aromatic heterocycles. The van der Waals surface area contributed by atoms with E-state index >= 15 is 0 Å². The third-order valence-electron chi connectivity index (χ3n) is 2.99. The van der Waals surface area contributed by atoms with Crippen molar-refractivity contribution in [2.45, 2.75) is 20.3 Å². The predicted molar refractivity (Wildman–Crippen MR) is 75.6 cm³/mol. The number of rotatable bonds is 3. The van der Waals surface area contributed by atoms with Crippen LogP contribution < -0.4 is 0 Å². The first kappa shape index (κ1) is 12.7. The monoisotopic (exact) mass is 288 g/mol. The number of fused-ring (bicyclic) bond motifs is 1. The summed E-state index contributed by atoms with van der Waals surface area (Å²) in [5.41, 5.74) is 1.71. The van der Waals surface area contributed by atoms with Gasteiger partial charge >= 0.3 is 5.97 Å². The Morgan fingerprint density at radius 1 is 1.40 bits per heavy atom. The van der Waals surface area contributed by atoms with E-state index in [1.54, 1.807) is 10.7 Å². The van der Waals surface area contributed by atoms with Gasteiger partial charge in [-0.2, -0.15) is 5.10 Å². The number of nitrogens with zero attached hydrogens (tertiary/aromatic N) is 4. The topological polar surface area (TPSA) is 80.9 Å². The van der Waals surface area contributed by atoms with Crippen LogP contribution in [0.15, 0.2) is 18.5 Å². The number of thiophene rings is 1. The summed E-state index contributed by atoms with van der Waals surface area (Å²) in [6.07, 6.45) is 2.22. The largest absolute Gasteiger partial charge is 0.477 e. The van der Waals surface area contributed by atoms with Crippen molar-refractivity contribution >= 4 is 27.5 Å². The van der Waals surface area contributed by atoms with Crippen LogP contribution >= 0.6 is 11.3 Å². The van der Waals surface area contributed by atoms with Gasteiger partial charge in [-0.05, 0) is 19.4 Å². The molecule has 3 rings (SSSR count). The van der Waals surface area contributed by atoms with Crippen LogP contribution in [-0.2, 0) is 6.42 Å². The smallest absolute Gasteiger partial charge is 0.345 e. The van der Waals surface area contributed by atoms with Gasteiger partial charge in [0.25, 0.3) is 0 Å². The van der Waals surface area contributed by atoms with Crippen molar-refractivity contribution in [1.29, 1.82) is 0 Å². The maximum atomic E-state index is 11.1. The summed E-state index contributed by atoms with van der Waals surface area (Å²) in [5.74, 6) is -0.264. The van der Waals surface area contributed by atoms with Crippen molar-refractivity contribution in [3.05, 3.63) is 34.7 Å². The van der Waals surface area contributed by atoms with Gasteiger partial charge in [-0.3, -0.25) is 0 Å². The second-order valence-corrected chi connectivity index (χ2v) is 5.39. The van der Waals surface area contributed by atoms with Gasteiger partial charge in [-0.15, -0.1) is 11.3 Å². The molecule has 0 fully saturated rings. The molecule has 0 saturated carbocycles. The molecule has 0 bridgehead atoms. The fourth-order valence-electron chi connectivity index (χ4n) is 2.04. The Bertz CT molecular complexity index is 806. The van der Waals surface area contributed by atoms with Gasteiger partial charge in [0.1, 0.15) is 16.0 Å². The molecule has 3 heterocycles. The highest BCUT2D eigenvalue weighted by Crippen LogP contribution is 2.30. The maximum Gasteiger partial charge on any atom is 0.345 e. The standard InChI is InChI=1S/C13H12N4O2S/c1-3-9-8-5-10(13(18)19)20-12(8)17(16-9)11-4-7(2)14-6-15-11/h4-6H,3H2,1-2H3,(H,18,19). The average Bonchev–Trinajstić information content (AvgIpc) is 2.96. The lowest BCUT2D eigenvalue weighted by molar-refractivity contribution is 0.0702. The van der Waals surface area contributed by atoms with E-state index in [1.807, 2.05) is 19.9 Å². The van der Waals surface area contributed by atoms with Crippen molar-refractivity contribution in [1.82, 2.24) is 19.7 Å². The summed E-state index contributed by atoms with van der Waals surface area (Å²) in [6, 6.07) is 3.50. The van der Waals surface area contributed by atoms with Gasteiger partial charge in [0.2, 0.25) is 0 Å². The molecule has 0 aliphatic heterocycles. The number of aromatic carboxylic acids is 1. The molecule has 1 N–H and O–H groups in total. The van der Waals surface area contributed by atoms with Crippen LogP contribution in [0.25, 0.3) is 16.0 Å². The van der Waals surface area contributed by atoms with Crippen molar-refractivity contribution in [3.8, 4) is 5.82 Å². The Labute approximate surface area is 118 Å². The molecule has 3 aromatic rings. The Balaban J connectivity index is 2.27. The Kier molecular flexibility index (Phi) is 2.98. The minimum absolute atomic E-state index is 0.312. The summed E-state index contributed by atoms with van der Waals surface area (Å²) in [7, 11) is 0. The second kappa shape index (κ2) is 4.68. The van der Waals surface area contributed by atoms with E-state index in [9.17, 15) is 4.79 Å². The van der Waals surface area contributed by atoms with E-state index in [1.165, 1.54) is 17.7 Å². The SMILES string of the molecule is CCc1nn(-c2cc(C)ncn2)c2sc(C(=O)O)cc12. The van der Waals surface area contributed by atoms with Crippen LogP contribution in [0.2, 0.25) is 0 Å². The lowest BCUT2D eigenvalue weighted by Crippen LogP contribution is -2.01. The fourth-order valence-corrected chi connectivity index (χ4v) is 3.02. The van der Waals surface area contributed by atoms with Crippen LogP contribution in [0.5, 0.6) is 0 Å². The summed E-state index contributed by atoms with van der Waals surface area (Å²) in [5, 5.41) is 14.5. The number of carbonyl (C=O) groups is 1. The zero-order valence-corrected chi connectivity index (χ0v) is 11.8. The molecular weight excluding hydrogens is 276 g/mol. The van der Waals surface area contributed by atoms with Crippen molar-refractivity contribution in [3.63, 3.8) is 0 Å². The molecule has 0 aliphatic carbocycles. The van der Waals surface area contributed by atoms with E-state index in [2.05, 4.69) is 15.1 Å². The molecule has 7 heteroatoms. The molecule has 0 amide bonds. The van der Waals surface area contributed by atoms with Crippen LogP contribution in [0.1, 0.15) is 28.0 Å². The Morgan fingerprint density at radius 3 is 2.85 bits per heavy atom. The van der Waals surface area contributed by atoms with Crippen LogP contribution in [0, 0.1) is 6.92 Å². The Morgan fingerprint density at radius 2 is 2.20 bits per heavy atom. The van der Waals surface area contributed by atoms with Crippen LogP contribution in [0.4, 0.5) is 0 Å². The van der Waals surface area contributed by atoms with Crippen molar-refractivity contribution < 1.29 is 9.90 Å². The first-order valence-electron chi connectivity index (χ1n) is 6.14. The zero-order chi connectivity index (χ0) is 14.3. The minimum atomic E-state index is -0.918. The molecule has 6 nitrogen and oxygen atoms in total. The van der Waals surface area contributed by atoms with E-state index in [4.69, 9.17) is 5.11 Å². The molecule has 0 aromatic carbocycles. The van der Waals surface area contributed by atoms with Gasteiger partial charge < -0.3 is 5.11 Å². The number of hydrogen-bond donors (Lipinski definition) is 1. The van der Waals surface area contributed by atoms with Gasteiger partial charge in [0, 0.05) is 17.1 Å². The van der Waals surface area contributed by atoms with Gasteiger partial charge in [0.15, 0.2) is 5.82 Å². The maximum absolute atomic E-state index is 11.1. The van der Waals surface area contributed by atoms with Crippen LogP contribution in [0.3, 0.4) is 0 Å². The fraction of sp³-hybridized carbons (Fsp3) is 0.231. The van der Waals surface area contributed by atoms with E-state index in [0.717, 1.165) is 28.0 Å². The lowest BCUT2D eigenvalue weighted by Gasteiger charge is -2.01. The molecule has 0 aliphatic rings. The van der Waals surface area contributed by atoms with Crippen molar-refractivity contribution in [2.24, 2.45) is 0 Å². The van der Waals surface area contributed by atoms with Crippen molar-refractivity contribution in [2.75, 3.05) is 0 Å². The number of carboxylic acids is 1. The average molecular weight is 288 g/mol. The number of hydrogen-bond acceptors (Lipinski definition) is 5. The molecule has 20 heavy (non-hydrogen) atoms. The van der Waals surface area contributed by atoms with Gasteiger partial charge in [-0.1, -0.05) is 6.92 Å². The highest BCUT2D eigenvalue weighted by molar-refractivity contribution is 7.20. The Hall–Kier alpha value is -2.28. The van der Waals surface area contributed by atoms with Gasteiger partial charge in [0.05, 0.1) is 5.69 Å². The van der Waals surface area contributed by atoms with E-state index in [0.29, 0.717) is 10.7 Å². The minimum Gasteiger partial charge on any atom is -0.477 e. The first-order chi connectivity index (χ1) is 9.60. The molecule has 0 radical (unpaired) electrons. The van der Waals surface area contributed by atoms with Crippen LogP contribution in [-0.4, -0.2) is 30.8 Å². The zero-order valence-electron chi connectivity index (χ0n) is 11.0. The lowest BCUT2D eigenvalue weighted by atomic mass is 10.2. The van der Waals surface area contributed by atoms with E-state index < -0.39 is 5.97 Å². The second-order valence-electron chi connectivity index (χ2n) is 4.36. The molecule has 0 unspecified atom stereocenters. The number of aryl methyl sites for hydroxylation is 2. The van der Waals surface area contributed by atoms with Gasteiger partial charge in [-0.25, -0.2) is 19.4 Å². The predicted octanol–water partition coefficient (Wildman–Crippen LogP) is 2.45. The highest BCUT2D eigenvalue weighted by atomic mass is 32.1. The number of carboxylic acid groups (broad SMARTS) is 1. The molecule has 0 saturated heterocycles. The summed E-state index contributed by atoms with van der Waals surface area (Å²) >= 11 is 1.21. The molecular formula is C13H12N4O2S. The third-order valence-corrected chi connectivity index (χ3v) is 4.09. The molecule has 0 spiro atoms. The molecule has 0 atom stereocenters. The number of aromatic nitrogens is 4. The summed E-state index contributed by atoms with van der Waals surface area (Å²) in [6.45, 7) is 3.87.